The molecule has 0 spiro atoms. The number of fused-ring (bicyclic) bond motifs is 2. The second-order valence-electron chi connectivity index (χ2n) is 6.76. The quantitative estimate of drug-likeness (QED) is 0.919. The lowest BCUT2D eigenvalue weighted by atomic mass is 9.62. The van der Waals surface area contributed by atoms with E-state index in [4.69, 9.17) is 14.5 Å². The normalized spacial score (nSPS) is 29.6. The minimum Gasteiger partial charge on any atom is -0.475 e. The van der Waals surface area contributed by atoms with Crippen LogP contribution < -0.4 is 10.1 Å². The van der Waals surface area contributed by atoms with E-state index < -0.39 is 0 Å². The average Bonchev–Trinajstić information content (AvgIpc) is 3.14. The maximum absolute atomic E-state index is 5.90. The van der Waals surface area contributed by atoms with Gasteiger partial charge in [0.25, 0.3) is 5.88 Å². The van der Waals surface area contributed by atoms with Crippen LogP contribution in [0.2, 0.25) is 0 Å². The lowest BCUT2D eigenvalue weighted by molar-refractivity contribution is 0.0154. The smallest absolute Gasteiger partial charge is 0.260 e. The first-order chi connectivity index (χ1) is 10.6. The highest BCUT2D eigenvalue weighted by molar-refractivity contribution is 5.55. The van der Waals surface area contributed by atoms with E-state index in [-0.39, 0.29) is 11.0 Å². The molecular weight excluding hydrogens is 280 g/mol. The molecule has 22 heavy (non-hydrogen) atoms. The Balaban J connectivity index is 1.76. The molecule has 2 aliphatic heterocycles. The number of imidazole rings is 1. The summed E-state index contributed by atoms with van der Waals surface area (Å²) in [6.07, 6.45) is 7.11. The lowest BCUT2D eigenvalue weighted by Crippen LogP contribution is -2.45. The molecule has 6 nitrogen and oxygen atoms in total. The number of nitrogens with zero attached hydrogens (tertiary/aromatic N) is 3. The zero-order valence-corrected chi connectivity index (χ0v) is 13.3. The van der Waals surface area contributed by atoms with Crippen molar-refractivity contribution in [2.45, 2.75) is 44.1 Å². The Bertz CT molecular complexity index is 718. The van der Waals surface area contributed by atoms with Crippen molar-refractivity contribution >= 4 is 11.5 Å². The molecule has 5 rings (SSSR count). The van der Waals surface area contributed by atoms with Crippen LogP contribution in [0.5, 0.6) is 5.88 Å². The summed E-state index contributed by atoms with van der Waals surface area (Å²) in [4.78, 5) is 9.33. The van der Waals surface area contributed by atoms with Gasteiger partial charge in [-0.15, -0.1) is 0 Å². The average molecular weight is 302 g/mol. The van der Waals surface area contributed by atoms with Crippen molar-refractivity contribution < 1.29 is 9.47 Å². The second kappa shape index (κ2) is 4.59. The SMILES string of the molecule is CCCOc1nc(NC)cn2cc(C34COC(C)(C3)C4)nc12. The standard InChI is InChI=1S/C16H22N4O2/c1-4-5-21-14-13-18-11(6-20(13)7-12(17-3)19-14)16-8-15(2,9-16)22-10-16/h6-7,17H,4-5,8-10H2,1-3H3. The van der Waals surface area contributed by atoms with Gasteiger partial charge in [0.15, 0.2) is 0 Å². The molecule has 1 saturated carbocycles. The maximum atomic E-state index is 5.90. The van der Waals surface area contributed by atoms with Gasteiger partial charge in [-0.2, -0.15) is 4.98 Å². The van der Waals surface area contributed by atoms with Crippen LogP contribution in [0.3, 0.4) is 0 Å². The van der Waals surface area contributed by atoms with Gasteiger partial charge in [-0.3, -0.25) is 4.40 Å². The van der Waals surface area contributed by atoms with Gasteiger partial charge in [0.1, 0.15) is 5.82 Å². The Morgan fingerprint density at radius 2 is 2.18 bits per heavy atom. The lowest BCUT2D eigenvalue weighted by Gasteiger charge is -2.41. The van der Waals surface area contributed by atoms with Crippen LogP contribution in [0.25, 0.3) is 5.65 Å². The number of nitrogens with one attached hydrogen (secondary N) is 1. The molecule has 118 valence electrons. The fourth-order valence-corrected chi connectivity index (χ4v) is 3.79. The van der Waals surface area contributed by atoms with Gasteiger partial charge < -0.3 is 14.8 Å². The molecule has 0 unspecified atom stereocenters. The third kappa shape index (κ3) is 1.90. The van der Waals surface area contributed by atoms with Gasteiger partial charge in [0.05, 0.1) is 30.7 Å². The van der Waals surface area contributed by atoms with Gasteiger partial charge in [-0.05, 0) is 26.2 Å². The van der Waals surface area contributed by atoms with Crippen molar-refractivity contribution in [2.75, 3.05) is 25.6 Å². The van der Waals surface area contributed by atoms with E-state index in [1.807, 2.05) is 17.6 Å². The summed E-state index contributed by atoms with van der Waals surface area (Å²) in [6, 6.07) is 0. The van der Waals surface area contributed by atoms with Gasteiger partial charge in [0, 0.05) is 18.7 Å². The van der Waals surface area contributed by atoms with Gasteiger partial charge in [-0.1, -0.05) is 6.92 Å². The Morgan fingerprint density at radius 1 is 1.36 bits per heavy atom. The van der Waals surface area contributed by atoms with Crippen LogP contribution in [0, 0.1) is 0 Å². The molecule has 0 radical (unpaired) electrons. The Hall–Kier alpha value is -1.82. The zero-order valence-electron chi connectivity index (χ0n) is 13.3. The van der Waals surface area contributed by atoms with Crippen molar-refractivity contribution in [3.8, 4) is 5.88 Å². The van der Waals surface area contributed by atoms with Crippen molar-refractivity contribution in [3.63, 3.8) is 0 Å². The highest BCUT2D eigenvalue weighted by Gasteiger charge is 2.61. The molecule has 4 heterocycles. The number of hydrogen-bond donors (Lipinski definition) is 1. The molecule has 0 aromatic carbocycles. The zero-order chi connectivity index (χ0) is 15.4. The number of rotatable bonds is 5. The predicted molar refractivity (Wildman–Crippen MR) is 83.6 cm³/mol. The van der Waals surface area contributed by atoms with Gasteiger partial charge in [0.2, 0.25) is 5.65 Å². The third-order valence-electron chi connectivity index (χ3n) is 4.77. The van der Waals surface area contributed by atoms with E-state index in [2.05, 4.69) is 30.3 Å². The first-order valence-corrected chi connectivity index (χ1v) is 7.92. The first-order valence-electron chi connectivity index (χ1n) is 7.92. The minimum absolute atomic E-state index is 0.0612. The van der Waals surface area contributed by atoms with Crippen molar-refractivity contribution in [2.24, 2.45) is 0 Å². The van der Waals surface area contributed by atoms with Crippen LogP contribution >= 0.6 is 0 Å². The monoisotopic (exact) mass is 302 g/mol. The highest BCUT2D eigenvalue weighted by atomic mass is 16.5. The van der Waals surface area contributed by atoms with Crippen molar-refractivity contribution in [1.29, 1.82) is 0 Å². The Labute approximate surface area is 129 Å². The highest BCUT2D eigenvalue weighted by Crippen LogP contribution is 2.58. The van der Waals surface area contributed by atoms with Gasteiger partial charge in [-0.25, -0.2) is 4.98 Å². The molecule has 2 saturated heterocycles. The molecular formula is C16H22N4O2. The van der Waals surface area contributed by atoms with E-state index in [9.17, 15) is 0 Å². The maximum Gasteiger partial charge on any atom is 0.260 e. The topological polar surface area (TPSA) is 60.7 Å². The first kappa shape index (κ1) is 13.8. The van der Waals surface area contributed by atoms with Crippen LogP contribution in [-0.2, 0) is 10.2 Å². The van der Waals surface area contributed by atoms with Crippen molar-refractivity contribution in [3.05, 3.63) is 18.1 Å². The van der Waals surface area contributed by atoms with Crippen LogP contribution in [0.1, 0.15) is 38.8 Å². The fourth-order valence-electron chi connectivity index (χ4n) is 3.79. The number of anilines is 1. The summed E-state index contributed by atoms with van der Waals surface area (Å²) >= 11 is 0. The van der Waals surface area contributed by atoms with Crippen molar-refractivity contribution in [1.82, 2.24) is 14.4 Å². The molecule has 0 atom stereocenters. The van der Waals surface area contributed by atoms with Crippen LogP contribution in [0.15, 0.2) is 12.4 Å². The third-order valence-corrected chi connectivity index (χ3v) is 4.77. The minimum atomic E-state index is 0.0612. The van der Waals surface area contributed by atoms with Crippen LogP contribution in [0.4, 0.5) is 5.82 Å². The summed E-state index contributed by atoms with van der Waals surface area (Å²) in [7, 11) is 1.86. The summed E-state index contributed by atoms with van der Waals surface area (Å²) < 4.78 is 13.7. The molecule has 3 aliphatic rings. The molecule has 1 aliphatic carbocycles. The van der Waals surface area contributed by atoms with E-state index in [0.717, 1.165) is 43.0 Å². The van der Waals surface area contributed by atoms with Gasteiger partial charge >= 0.3 is 0 Å². The largest absolute Gasteiger partial charge is 0.475 e. The Kier molecular flexibility index (Phi) is 2.88. The summed E-state index contributed by atoms with van der Waals surface area (Å²) in [5.41, 5.74) is 2.03. The predicted octanol–water partition coefficient (Wildman–Crippen LogP) is 2.38. The number of hydrogen-bond acceptors (Lipinski definition) is 5. The summed E-state index contributed by atoms with van der Waals surface area (Å²) in [5.74, 6) is 1.37. The fraction of sp³-hybridized carbons (Fsp3) is 0.625. The summed E-state index contributed by atoms with van der Waals surface area (Å²) in [5, 5.41) is 3.08. The molecule has 0 amide bonds. The van der Waals surface area contributed by atoms with E-state index in [1.54, 1.807) is 0 Å². The Morgan fingerprint density at radius 3 is 2.82 bits per heavy atom. The van der Waals surface area contributed by atoms with Crippen LogP contribution in [-0.4, -0.2) is 40.2 Å². The number of ether oxygens (including phenoxy) is 2. The second-order valence-corrected chi connectivity index (χ2v) is 6.76. The molecule has 3 fully saturated rings. The molecule has 2 aromatic heterocycles. The van der Waals surface area contributed by atoms with E-state index in [0.29, 0.717) is 12.5 Å². The summed E-state index contributed by atoms with van der Waals surface area (Å²) in [6.45, 7) is 5.68. The van der Waals surface area contributed by atoms with E-state index in [1.165, 1.54) is 0 Å². The molecule has 2 aromatic rings. The van der Waals surface area contributed by atoms with E-state index >= 15 is 0 Å². The molecule has 1 N–H and O–H groups in total. The molecule has 6 heteroatoms. The molecule has 2 bridgehead atoms. The number of aromatic nitrogens is 3.